The Morgan fingerprint density at radius 3 is 1.50 bits per heavy atom. The van der Waals surface area contributed by atoms with Gasteiger partial charge in [-0.05, 0) is 0 Å². The number of rotatable bonds is 0. The first-order valence-electron chi connectivity index (χ1n) is 0.996. The van der Waals surface area contributed by atoms with Crippen LogP contribution < -0.4 is 0 Å². The van der Waals surface area contributed by atoms with Gasteiger partial charge in [-0.1, -0.05) is 13.8 Å². The molecule has 0 saturated heterocycles. The van der Waals surface area contributed by atoms with Crippen LogP contribution in [0.4, 0.5) is 0 Å². The quantitative estimate of drug-likeness (QED) is 0.371. The third-order valence-electron chi connectivity index (χ3n) is 0. The normalized spacial score (nSPS) is 2.25. The van der Waals surface area contributed by atoms with Crippen molar-refractivity contribution in [3.05, 3.63) is 6.92 Å². The summed E-state index contributed by atoms with van der Waals surface area (Å²) in [6, 6.07) is 0. The fraction of sp³-hybridized carbons (Fsp3) is 0.500. The Bertz CT molecular complexity index is 6.00. The standard InChI is InChI=1S/C2H5.Al.O.H/c1-2;;;/h1H2,2H3;;;. The van der Waals surface area contributed by atoms with Gasteiger partial charge in [-0.3, -0.25) is 0 Å². The van der Waals surface area contributed by atoms with E-state index in [0.29, 0.717) is 16.2 Å². The van der Waals surface area contributed by atoms with Gasteiger partial charge >= 0.3 is 20.0 Å². The second kappa shape index (κ2) is 164. The summed E-state index contributed by atoms with van der Waals surface area (Å²) in [7, 11) is 0. The van der Waals surface area contributed by atoms with Gasteiger partial charge < -0.3 is 0 Å². The van der Waals surface area contributed by atoms with Crippen molar-refractivity contribution in [2.45, 2.75) is 6.92 Å². The molecule has 0 rings (SSSR count). The topological polar surface area (TPSA) is 17.1 Å². The average molecular weight is 73.1 g/mol. The summed E-state index contributed by atoms with van der Waals surface area (Å²) in [5.74, 6) is 0. The van der Waals surface area contributed by atoms with E-state index in [9.17, 15) is 0 Å². The van der Waals surface area contributed by atoms with Crippen LogP contribution in [0.3, 0.4) is 0 Å². The van der Waals surface area contributed by atoms with E-state index in [4.69, 9.17) is 3.80 Å². The number of hydrogen-bond acceptors (Lipinski definition) is 1. The second-order valence-electron chi connectivity index (χ2n) is 0. The Labute approximate surface area is 34.6 Å². The van der Waals surface area contributed by atoms with Crippen molar-refractivity contribution in [1.82, 2.24) is 0 Å². The third-order valence-corrected chi connectivity index (χ3v) is 0. The minimum absolute atomic E-state index is 0.611. The summed E-state index contributed by atoms with van der Waals surface area (Å²) in [6.45, 7) is 5.00. The van der Waals surface area contributed by atoms with Crippen LogP contribution in [0.15, 0.2) is 0 Å². The van der Waals surface area contributed by atoms with Crippen molar-refractivity contribution in [2.75, 3.05) is 0 Å². The summed E-state index contributed by atoms with van der Waals surface area (Å²) in [6.07, 6.45) is 0. The molecule has 0 heterocycles. The number of hydrogen-bond donors (Lipinski definition) is 0. The van der Waals surface area contributed by atoms with Gasteiger partial charge in [-0.25, -0.2) is 0 Å². The molecule has 0 bridgehead atoms. The van der Waals surface area contributed by atoms with E-state index in [1.165, 1.54) is 0 Å². The molecule has 0 saturated carbocycles. The maximum atomic E-state index is 8.28. The van der Waals surface area contributed by atoms with Gasteiger partial charge in [0.05, 0.1) is 0 Å². The molecule has 0 aromatic carbocycles. The predicted octanol–water partition coefficient (Wildman–Crippen LogP) is 0.0731. The fourth-order valence-electron chi connectivity index (χ4n) is 0. The second-order valence-corrected chi connectivity index (χ2v) is 0. The van der Waals surface area contributed by atoms with E-state index in [0.717, 1.165) is 0 Å². The summed E-state index contributed by atoms with van der Waals surface area (Å²) in [4.78, 5) is 0. The molecule has 0 aliphatic heterocycles. The van der Waals surface area contributed by atoms with Crippen LogP contribution in [0.25, 0.3) is 0 Å². The van der Waals surface area contributed by atoms with Gasteiger partial charge in [-0.15, -0.1) is 0 Å². The molecular weight excluding hydrogens is 67.0 g/mol. The zero-order chi connectivity index (χ0) is 4.00. The van der Waals surface area contributed by atoms with Crippen molar-refractivity contribution in [3.8, 4) is 0 Å². The van der Waals surface area contributed by atoms with E-state index in [1.807, 2.05) is 0 Å². The molecule has 0 aliphatic rings. The fourth-order valence-corrected chi connectivity index (χ4v) is 0. The first-order valence-corrected chi connectivity index (χ1v) is 1.57. The van der Waals surface area contributed by atoms with Gasteiger partial charge in [-0.2, -0.15) is 0 Å². The molecule has 0 spiro atoms. The molecule has 0 aromatic rings. The zero-order valence-corrected chi connectivity index (χ0v) is 4.24. The van der Waals surface area contributed by atoms with Crippen molar-refractivity contribution in [1.29, 1.82) is 0 Å². The van der Waals surface area contributed by atoms with Crippen LogP contribution in [-0.4, -0.2) is 16.2 Å². The molecule has 0 aromatic heterocycles. The van der Waals surface area contributed by atoms with Gasteiger partial charge in [0.2, 0.25) is 0 Å². The summed E-state index contributed by atoms with van der Waals surface area (Å²) >= 11 is 0.611. The molecule has 1 nitrogen and oxygen atoms in total. The van der Waals surface area contributed by atoms with Gasteiger partial charge in [0.25, 0.3) is 0 Å². The van der Waals surface area contributed by atoms with Gasteiger partial charge in [0, 0.05) is 0 Å². The first kappa shape index (κ1) is 8.84. The Morgan fingerprint density at radius 1 is 1.50 bits per heavy atom. The summed E-state index contributed by atoms with van der Waals surface area (Å²) < 4.78 is 8.28. The van der Waals surface area contributed by atoms with Crippen LogP contribution >= 0.6 is 0 Å². The average Bonchev–Trinajstić information content (AvgIpc) is 1.50. The van der Waals surface area contributed by atoms with Crippen LogP contribution in [0.1, 0.15) is 6.92 Å². The molecule has 4 heavy (non-hydrogen) atoms. The Kier molecular flexibility index (Phi) is 363. The Morgan fingerprint density at radius 2 is 1.50 bits per heavy atom. The van der Waals surface area contributed by atoms with Crippen LogP contribution in [0.5, 0.6) is 0 Å². The monoisotopic (exact) mass is 73.0 g/mol. The van der Waals surface area contributed by atoms with Crippen LogP contribution in [-0.2, 0) is 3.80 Å². The van der Waals surface area contributed by atoms with E-state index >= 15 is 0 Å². The summed E-state index contributed by atoms with van der Waals surface area (Å²) in [5.41, 5.74) is 0. The molecule has 2 heteroatoms. The molecule has 0 atom stereocenters. The zero-order valence-electron chi connectivity index (χ0n) is 2.82. The van der Waals surface area contributed by atoms with E-state index in [-0.39, 0.29) is 0 Å². The molecule has 0 fully saturated rings. The van der Waals surface area contributed by atoms with Crippen molar-refractivity contribution in [3.63, 3.8) is 0 Å². The maximum absolute atomic E-state index is 8.28. The van der Waals surface area contributed by atoms with Gasteiger partial charge in [0.1, 0.15) is 0 Å². The van der Waals surface area contributed by atoms with Crippen LogP contribution in [0, 0.1) is 6.92 Å². The van der Waals surface area contributed by atoms with E-state index in [2.05, 4.69) is 6.92 Å². The van der Waals surface area contributed by atoms with Crippen molar-refractivity contribution >= 4 is 16.2 Å². The molecular formula is C2H6AlO. The third kappa shape index (κ3) is 37.5. The predicted molar refractivity (Wildman–Crippen MR) is 18.9 cm³/mol. The van der Waals surface area contributed by atoms with Crippen molar-refractivity contribution in [2.24, 2.45) is 0 Å². The molecule has 0 N–H and O–H groups in total. The molecule has 1 radical (unpaired) electrons. The SMILES string of the molecule is [CH2]C.[O]=[AlH]. The van der Waals surface area contributed by atoms with Crippen molar-refractivity contribution < 1.29 is 3.80 Å². The molecule has 0 aliphatic carbocycles. The Hall–Kier alpha value is 0.332. The Balaban J connectivity index is 0. The minimum atomic E-state index is 0.611. The van der Waals surface area contributed by atoms with Gasteiger partial charge in [0.15, 0.2) is 0 Å². The van der Waals surface area contributed by atoms with E-state index < -0.39 is 0 Å². The molecule has 0 amide bonds. The molecule has 23 valence electrons. The first-order chi connectivity index (χ1) is 2.00. The summed E-state index contributed by atoms with van der Waals surface area (Å²) in [5, 5.41) is 0. The van der Waals surface area contributed by atoms with E-state index in [1.54, 1.807) is 6.92 Å². The van der Waals surface area contributed by atoms with Crippen LogP contribution in [0.2, 0.25) is 0 Å². The molecule has 0 unspecified atom stereocenters.